The average Bonchev–Trinajstić information content (AvgIpc) is 3.44. The SMILES string of the molecule is Cc1cccc(Oc2ccccc2)c1-c1n(-c2ccc(-c3ccc(-c4ccc(-c5ccccc5)cc4)cc3)cc2)c2ccccc2[n+]1C. The van der Waals surface area contributed by atoms with Gasteiger partial charge in [-0.25, -0.2) is 4.57 Å². The van der Waals surface area contributed by atoms with E-state index in [2.05, 4.69) is 169 Å². The molecule has 3 nitrogen and oxygen atoms in total. The Morgan fingerprint density at radius 1 is 0.458 bits per heavy atom. The quantitative estimate of drug-likeness (QED) is 0.162. The van der Waals surface area contributed by atoms with Crippen molar-refractivity contribution in [1.29, 1.82) is 0 Å². The third kappa shape index (κ3) is 5.46. The van der Waals surface area contributed by atoms with Crippen molar-refractivity contribution >= 4 is 11.0 Å². The minimum absolute atomic E-state index is 0.814. The van der Waals surface area contributed by atoms with Crippen LogP contribution in [0.15, 0.2) is 176 Å². The first-order chi connectivity index (χ1) is 23.6. The second kappa shape index (κ2) is 12.5. The Hall–Kier alpha value is -6.19. The predicted octanol–water partition coefficient (Wildman–Crippen LogP) is 11.2. The number of benzene rings is 7. The molecule has 0 saturated carbocycles. The molecule has 0 amide bonds. The van der Waals surface area contributed by atoms with E-state index in [0.29, 0.717) is 0 Å². The van der Waals surface area contributed by atoms with Crippen LogP contribution in [0.5, 0.6) is 11.5 Å². The zero-order chi connectivity index (χ0) is 32.5. The number of fused-ring (bicyclic) bond motifs is 1. The molecule has 0 fully saturated rings. The summed E-state index contributed by atoms with van der Waals surface area (Å²) < 4.78 is 11.1. The van der Waals surface area contributed by atoms with Crippen LogP contribution in [0, 0.1) is 6.92 Å². The summed E-state index contributed by atoms with van der Waals surface area (Å²) in [6.45, 7) is 2.15. The van der Waals surface area contributed by atoms with Gasteiger partial charge in [-0.05, 0) is 88.3 Å². The van der Waals surface area contributed by atoms with Gasteiger partial charge in [-0.1, -0.05) is 133 Å². The van der Waals surface area contributed by atoms with Crippen molar-refractivity contribution < 1.29 is 9.30 Å². The maximum atomic E-state index is 6.50. The van der Waals surface area contributed by atoms with Gasteiger partial charge in [0.1, 0.15) is 22.7 Å². The van der Waals surface area contributed by atoms with Gasteiger partial charge < -0.3 is 4.74 Å². The highest BCUT2D eigenvalue weighted by Crippen LogP contribution is 2.38. The summed E-state index contributed by atoms with van der Waals surface area (Å²) in [6, 6.07) is 61.9. The van der Waals surface area contributed by atoms with Crippen molar-refractivity contribution in [2.75, 3.05) is 0 Å². The molecule has 7 aromatic carbocycles. The van der Waals surface area contributed by atoms with Crippen LogP contribution in [0.2, 0.25) is 0 Å². The highest BCUT2D eigenvalue weighted by molar-refractivity contribution is 5.82. The molecule has 8 rings (SSSR count). The number of aromatic nitrogens is 2. The number of para-hydroxylation sites is 3. The van der Waals surface area contributed by atoms with E-state index >= 15 is 0 Å². The second-order valence-corrected chi connectivity index (χ2v) is 12.1. The first-order valence-corrected chi connectivity index (χ1v) is 16.3. The van der Waals surface area contributed by atoms with Gasteiger partial charge in [0.15, 0.2) is 11.0 Å². The topological polar surface area (TPSA) is 18.0 Å². The van der Waals surface area contributed by atoms with Crippen LogP contribution in [-0.2, 0) is 7.05 Å². The standard InChI is InChI=1S/C45H35N2O/c1-32-12-11-19-43(48-40-15-7-4-8-16-40)44(32)45-46(2)41-17-9-10-18-42(41)47(45)39-30-28-38(29-31-39)37-26-24-36(25-27-37)35-22-20-34(21-23-35)33-13-5-3-6-14-33/h3-31H,1-2H3/q+1. The summed E-state index contributed by atoms with van der Waals surface area (Å²) >= 11 is 0. The van der Waals surface area contributed by atoms with Gasteiger partial charge in [-0.15, -0.1) is 0 Å². The van der Waals surface area contributed by atoms with E-state index in [9.17, 15) is 0 Å². The Morgan fingerprint density at radius 2 is 0.938 bits per heavy atom. The lowest BCUT2D eigenvalue weighted by Gasteiger charge is -2.13. The molecule has 0 aliphatic rings. The van der Waals surface area contributed by atoms with E-state index in [4.69, 9.17) is 4.74 Å². The molecule has 3 heteroatoms. The highest BCUT2D eigenvalue weighted by atomic mass is 16.5. The fraction of sp³-hybridized carbons (Fsp3) is 0.0444. The van der Waals surface area contributed by atoms with Crippen molar-refractivity contribution in [3.05, 3.63) is 181 Å². The maximum absolute atomic E-state index is 6.50. The fourth-order valence-electron chi connectivity index (χ4n) is 6.63. The van der Waals surface area contributed by atoms with Crippen LogP contribution in [0.4, 0.5) is 0 Å². The lowest BCUT2D eigenvalue weighted by molar-refractivity contribution is -0.633. The van der Waals surface area contributed by atoms with Crippen LogP contribution in [-0.4, -0.2) is 4.57 Å². The third-order valence-corrected chi connectivity index (χ3v) is 9.11. The highest BCUT2D eigenvalue weighted by Gasteiger charge is 2.29. The molecule has 1 aromatic heterocycles. The Balaban J connectivity index is 1.14. The van der Waals surface area contributed by atoms with Crippen molar-refractivity contribution in [2.24, 2.45) is 7.05 Å². The normalized spacial score (nSPS) is 11.1. The summed E-state index contributed by atoms with van der Waals surface area (Å²) in [5.41, 5.74) is 12.8. The molecule has 0 aliphatic heterocycles. The van der Waals surface area contributed by atoms with E-state index in [1.54, 1.807) is 0 Å². The van der Waals surface area contributed by atoms with Crippen LogP contribution >= 0.6 is 0 Å². The van der Waals surface area contributed by atoms with Crippen LogP contribution in [0.3, 0.4) is 0 Å². The zero-order valence-corrected chi connectivity index (χ0v) is 27.0. The summed E-state index contributed by atoms with van der Waals surface area (Å²) in [4.78, 5) is 0. The van der Waals surface area contributed by atoms with Gasteiger partial charge in [0.2, 0.25) is 0 Å². The molecular weight excluding hydrogens is 585 g/mol. The monoisotopic (exact) mass is 619 g/mol. The van der Waals surface area contributed by atoms with Crippen LogP contribution < -0.4 is 9.30 Å². The number of ether oxygens (including phenoxy) is 1. The van der Waals surface area contributed by atoms with E-state index in [1.807, 2.05) is 30.3 Å². The van der Waals surface area contributed by atoms with Crippen molar-refractivity contribution in [3.8, 4) is 62.0 Å². The van der Waals surface area contributed by atoms with E-state index < -0.39 is 0 Å². The smallest absolute Gasteiger partial charge is 0.298 e. The first kappa shape index (κ1) is 29.2. The predicted molar refractivity (Wildman–Crippen MR) is 197 cm³/mol. The third-order valence-electron chi connectivity index (χ3n) is 9.11. The summed E-state index contributed by atoms with van der Waals surface area (Å²) in [5, 5.41) is 0. The first-order valence-electron chi connectivity index (χ1n) is 16.3. The second-order valence-electron chi connectivity index (χ2n) is 12.1. The van der Waals surface area contributed by atoms with Crippen LogP contribution in [0.25, 0.3) is 61.5 Å². The Labute approximate surface area is 281 Å². The molecule has 48 heavy (non-hydrogen) atoms. The molecule has 8 aromatic rings. The van der Waals surface area contributed by atoms with Gasteiger partial charge in [-0.3, -0.25) is 0 Å². The molecule has 0 N–H and O–H groups in total. The number of nitrogens with zero attached hydrogens (tertiary/aromatic N) is 2. The molecule has 0 bridgehead atoms. The maximum Gasteiger partial charge on any atom is 0.298 e. The zero-order valence-electron chi connectivity index (χ0n) is 27.0. The van der Waals surface area contributed by atoms with E-state index in [0.717, 1.165) is 45.2 Å². The Morgan fingerprint density at radius 3 is 1.52 bits per heavy atom. The molecule has 1 heterocycles. The number of rotatable bonds is 7. The molecule has 230 valence electrons. The lowest BCUT2D eigenvalue weighted by atomic mass is 9.98. The minimum atomic E-state index is 0.814. The molecule has 0 saturated heterocycles. The molecule has 0 radical (unpaired) electrons. The summed E-state index contributed by atoms with van der Waals surface area (Å²) in [7, 11) is 2.14. The van der Waals surface area contributed by atoms with Gasteiger partial charge in [-0.2, -0.15) is 4.57 Å². The Kier molecular flexibility index (Phi) is 7.64. The van der Waals surface area contributed by atoms with Crippen LogP contribution in [0.1, 0.15) is 5.56 Å². The number of hydrogen-bond donors (Lipinski definition) is 0. The minimum Gasteiger partial charge on any atom is -0.456 e. The number of hydrogen-bond acceptors (Lipinski definition) is 1. The number of imidazole rings is 1. The van der Waals surface area contributed by atoms with E-state index in [-0.39, 0.29) is 0 Å². The molecular formula is C45H35N2O+. The van der Waals surface area contributed by atoms with Crippen molar-refractivity contribution in [2.45, 2.75) is 6.92 Å². The lowest BCUT2D eigenvalue weighted by Crippen LogP contribution is -2.30. The Bertz CT molecular complexity index is 2340. The van der Waals surface area contributed by atoms with Gasteiger partial charge >= 0.3 is 0 Å². The average molecular weight is 620 g/mol. The van der Waals surface area contributed by atoms with Gasteiger partial charge in [0.25, 0.3) is 5.82 Å². The van der Waals surface area contributed by atoms with E-state index in [1.165, 1.54) is 33.4 Å². The molecule has 0 aliphatic carbocycles. The molecule has 0 unspecified atom stereocenters. The molecule has 0 atom stereocenters. The van der Waals surface area contributed by atoms with Gasteiger partial charge in [0, 0.05) is 0 Å². The van der Waals surface area contributed by atoms with Crippen molar-refractivity contribution in [1.82, 2.24) is 4.57 Å². The largest absolute Gasteiger partial charge is 0.456 e. The van der Waals surface area contributed by atoms with Crippen molar-refractivity contribution in [3.63, 3.8) is 0 Å². The fourth-order valence-corrected chi connectivity index (χ4v) is 6.63. The number of aryl methyl sites for hydroxylation is 2. The summed E-state index contributed by atoms with van der Waals surface area (Å²) in [6.07, 6.45) is 0. The van der Waals surface area contributed by atoms with Gasteiger partial charge in [0.05, 0.1) is 7.05 Å². The molecule has 0 spiro atoms. The summed E-state index contributed by atoms with van der Waals surface area (Å²) in [5.74, 6) is 2.71.